The number of carbonyl (C=O) groups is 1. The number of aldehydes is 1. The first-order valence-corrected chi connectivity index (χ1v) is 6.02. The molecular formula is C15H12F3NO. The van der Waals surface area contributed by atoms with E-state index >= 15 is 0 Å². The minimum Gasteiger partial charge on any atom is -0.303 e. The Labute approximate surface area is 114 Å². The summed E-state index contributed by atoms with van der Waals surface area (Å²) in [6, 6.07) is 8.32. The number of alkyl halides is 3. The minimum absolute atomic E-state index is 0.367. The molecule has 1 aromatic heterocycles. The fourth-order valence-electron chi connectivity index (χ4n) is 1.94. The van der Waals surface area contributed by atoms with Gasteiger partial charge in [-0.3, -0.25) is 4.98 Å². The Morgan fingerprint density at radius 3 is 2.15 bits per heavy atom. The highest BCUT2D eigenvalue weighted by atomic mass is 19.4. The largest absolute Gasteiger partial charge is 0.416 e. The lowest BCUT2D eigenvalue weighted by Gasteiger charge is -2.12. The maximum absolute atomic E-state index is 12.5. The number of aromatic nitrogens is 1. The molecule has 20 heavy (non-hydrogen) atoms. The molecule has 2 nitrogen and oxygen atoms in total. The van der Waals surface area contributed by atoms with Crippen LogP contribution >= 0.6 is 0 Å². The maximum atomic E-state index is 12.5. The monoisotopic (exact) mass is 279 g/mol. The van der Waals surface area contributed by atoms with Crippen molar-refractivity contribution in [2.24, 2.45) is 0 Å². The van der Waals surface area contributed by atoms with E-state index in [2.05, 4.69) is 4.98 Å². The Kier molecular flexibility index (Phi) is 4.17. The van der Waals surface area contributed by atoms with Crippen LogP contribution < -0.4 is 0 Å². The molecular weight excluding hydrogens is 267 g/mol. The summed E-state index contributed by atoms with van der Waals surface area (Å²) in [5.74, 6) is -0.380. The van der Waals surface area contributed by atoms with Crippen molar-refractivity contribution in [2.75, 3.05) is 0 Å². The maximum Gasteiger partial charge on any atom is 0.416 e. The third-order valence-electron chi connectivity index (χ3n) is 3.04. The van der Waals surface area contributed by atoms with E-state index in [1.807, 2.05) is 0 Å². The van der Waals surface area contributed by atoms with Crippen LogP contribution in [0.15, 0.2) is 48.8 Å². The summed E-state index contributed by atoms with van der Waals surface area (Å²) < 4.78 is 37.4. The molecule has 1 aromatic carbocycles. The van der Waals surface area contributed by atoms with Crippen LogP contribution in [-0.4, -0.2) is 11.3 Å². The zero-order valence-electron chi connectivity index (χ0n) is 10.5. The van der Waals surface area contributed by atoms with Gasteiger partial charge in [-0.15, -0.1) is 0 Å². The lowest BCUT2D eigenvalue weighted by Crippen LogP contribution is -2.07. The molecule has 1 unspecified atom stereocenters. The topological polar surface area (TPSA) is 30.0 Å². The molecule has 0 bridgehead atoms. The standard InChI is InChI=1S/C15H12F3NO/c16-15(17,18)14-3-1-11(2-4-14)9-13(10-20)12-5-7-19-8-6-12/h1-8,10,13H,9H2. The molecule has 0 saturated carbocycles. The molecule has 2 rings (SSSR count). The smallest absolute Gasteiger partial charge is 0.303 e. The van der Waals surface area contributed by atoms with E-state index in [1.165, 1.54) is 12.1 Å². The van der Waals surface area contributed by atoms with E-state index in [4.69, 9.17) is 0 Å². The van der Waals surface area contributed by atoms with Crippen molar-refractivity contribution in [1.82, 2.24) is 4.98 Å². The Morgan fingerprint density at radius 2 is 1.65 bits per heavy atom. The fraction of sp³-hybridized carbons (Fsp3) is 0.200. The lowest BCUT2D eigenvalue weighted by molar-refractivity contribution is -0.137. The zero-order valence-corrected chi connectivity index (χ0v) is 10.5. The zero-order chi connectivity index (χ0) is 14.6. The third-order valence-corrected chi connectivity index (χ3v) is 3.04. The average Bonchev–Trinajstić information content (AvgIpc) is 2.45. The first-order chi connectivity index (χ1) is 9.50. The van der Waals surface area contributed by atoms with E-state index in [1.54, 1.807) is 24.5 Å². The van der Waals surface area contributed by atoms with Crippen LogP contribution in [0, 0.1) is 0 Å². The summed E-state index contributed by atoms with van der Waals surface area (Å²) in [4.78, 5) is 15.0. The lowest BCUT2D eigenvalue weighted by atomic mass is 9.93. The van der Waals surface area contributed by atoms with E-state index in [-0.39, 0.29) is 5.92 Å². The van der Waals surface area contributed by atoms with Crippen molar-refractivity contribution >= 4 is 6.29 Å². The molecule has 0 saturated heterocycles. The fourth-order valence-corrected chi connectivity index (χ4v) is 1.94. The van der Waals surface area contributed by atoms with E-state index in [0.29, 0.717) is 12.0 Å². The van der Waals surface area contributed by atoms with E-state index < -0.39 is 11.7 Å². The van der Waals surface area contributed by atoms with Gasteiger partial charge in [-0.1, -0.05) is 12.1 Å². The molecule has 0 amide bonds. The number of halogens is 3. The number of carbonyl (C=O) groups excluding carboxylic acids is 1. The van der Waals surface area contributed by atoms with Crippen LogP contribution in [0.4, 0.5) is 13.2 Å². The summed E-state index contributed by atoms with van der Waals surface area (Å²) >= 11 is 0. The Bertz CT molecular complexity index is 564. The summed E-state index contributed by atoms with van der Waals surface area (Å²) in [7, 11) is 0. The molecule has 0 fully saturated rings. The highest BCUT2D eigenvalue weighted by molar-refractivity contribution is 5.62. The van der Waals surface area contributed by atoms with Gasteiger partial charge in [0.05, 0.1) is 5.56 Å². The van der Waals surface area contributed by atoms with Crippen LogP contribution in [0.2, 0.25) is 0 Å². The van der Waals surface area contributed by atoms with Crippen LogP contribution in [0.25, 0.3) is 0 Å². The summed E-state index contributed by atoms with van der Waals surface area (Å²) in [5, 5.41) is 0. The van der Waals surface area contributed by atoms with Crippen molar-refractivity contribution in [3.05, 3.63) is 65.5 Å². The molecule has 0 radical (unpaired) electrons. The van der Waals surface area contributed by atoms with Crippen molar-refractivity contribution in [2.45, 2.75) is 18.5 Å². The van der Waals surface area contributed by atoms with E-state index in [9.17, 15) is 18.0 Å². The quantitative estimate of drug-likeness (QED) is 0.800. The first kappa shape index (κ1) is 14.2. The second kappa shape index (κ2) is 5.86. The molecule has 0 N–H and O–H groups in total. The normalized spacial score (nSPS) is 12.9. The second-order valence-corrected chi connectivity index (χ2v) is 4.42. The van der Waals surface area contributed by atoms with Gasteiger partial charge in [0.1, 0.15) is 6.29 Å². The summed E-state index contributed by atoms with van der Waals surface area (Å²) in [6.45, 7) is 0. The molecule has 2 aromatic rings. The number of hydrogen-bond donors (Lipinski definition) is 0. The van der Waals surface area contributed by atoms with Crippen molar-refractivity contribution < 1.29 is 18.0 Å². The number of hydrogen-bond acceptors (Lipinski definition) is 2. The summed E-state index contributed by atoms with van der Waals surface area (Å²) in [5.41, 5.74) is 0.801. The van der Waals surface area contributed by atoms with Crippen molar-refractivity contribution in [3.63, 3.8) is 0 Å². The molecule has 0 aliphatic rings. The first-order valence-electron chi connectivity index (χ1n) is 6.02. The van der Waals surface area contributed by atoms with Crippen molar-refractivity contribution in [3.8, 4) is 0 Å². The molecule has 104 valence electrons. The van der Waals surface area contributed by atoms with Gasteiger partial charge in [0.25, 0.3) is 0 Å². The van der Waals surface area contributed by atoms with Crippen LogP contribution in [0.5, 0.6) is 0 Å². The molecule has 0 aliphatic carbocycles. The Hall–Kier alpha value is -2.17. The minimum atomic E-state index is -4.34. The van der Waals surface area contributed by atoms with E-state index in [0.717, 1.165) is 24.0 Å². The molecule has 1 heterocycles. The number of pyridine rings is 1. The van der Waals surface area contributed by atoms with Gasteiger partial charge in [-0.25, -0.2) is 0 Å². The van der Waals surface area contributed by atoms with Gasteiger partial charge in [-0.05, 0) is 41.8 Å². The second-order valence-electron chi connectivity index (χ2n) is 4.42. The average molecular weight is 279 g/mol. The predicted molar refractivity (Wildman–Crippen MR) is 68.2 cm³/mol. The number of nitrogens with zero attached hydrogens (tertiary/aromatic N) is 1. The van der Waals surface area contributed by atoms with Gasteiger partial charge in [0, 0.05) is 18.3 Å². The van der Waals surface area contributed by atoms with Gasteiger partial charge in [0.15, 0.2) is 0 Å². The Balaban J connectivity index is 2.15. The molecule has 0 aliphatic heterocycles. The summed E-state index contributed by atoms with van der Waals surface area (Å²) in [6.07, 6.45) is -0.0104. The van der Waals surface area contributed by atoms with Crippen molar-refractivity contribution in [1.29, 1.82) is 0 Å². The van der Waals surface area contributed by atoms with Crippen LogP contribution in [0.1, 0.15) is 22.6 Å². The van der Waals surface area contributed by atoms with Gasteiger partial charge in [0.2, 0.25) is 0 Å². The Morgan fingerprint density at radius 1 is 1.05 bits per heavy atom. The van der Waals surface area contributed by atoms with Gasteiger partial charge in [-0.2, -0.15) is 13.2 Å². The highest BCUT2D eigenvalue weighted by Gasteiger charge is 2.30. The van der Waals surface area contributed by atoms with Gasteiger partial charge >= 0.3 is 6.18 Å². The molecule has 5 heteroatoms. The van der Waals surface area contributed by atoms with Crippen LogP contribution in [0.3, 0.4) is 0 Å². The third kappa shape index (κ3) is 3.44. The SMILES string of the molecule is O=CC(Cc1ccc(C(F)(F)F)cc1)c1ccncc1. The van der Waals surface area contributed by atoms with Gasteiger partial charge < -0.3 is 4.79 Å². The highest BCUT2D eigenvalue weighted by Crippen LogP contribution is 2.29. The molecule has 0 spiro atoms. The predicted octanol–water partition coefficient (Wildman–Crippen LogP) is 3.63. The van der Waals surface area contributed by atoms with Crippen LogP contribution in [-0.2, 0) is 17.4 Å². The number of rotatable bonds is 4. The number of benzene rings is 1. The molecule has 1 atom stereocenters.